The number of anilines is 1. The Hall–Kier alpha value is -5.95. The molecule has 0 spiro atoms. The highest BCUT2D eigenvalue weighted by Gasteiger charge is 2.49. The second-order valence-corrected chi connectivity index (χ2v) is 24.3. The summed E-state index contributed by atoms with van der Waals surface area (Å²) in [6.07, 6.45) is 0. The molecule has 72 heavy (non-hydrogen) atoms. The molecule has 0 saturated carbocycles. The minimum atomic E-state index is -5.80. The highest BCUT2D eigenvalue weighted by molar-refractivity contribution is 8.01. The number of halogens is 3. The zero-order valence-electron chi connectivity index (χ0n) is 39.9. The van der Waals surface area contributed by atoms with Gasteiger partial charge in [-0.3, -0.25) is 20.2 Å². The van der Waals surface area contributed by atoms with E-state index in [1.165, 1.54) is 56.0 Å². The van der Waals surface area contributed by atoms with Crippen LogP contribution in [0.1, 0.15) is 50.1 Å². The van der Waals surface area contributed by atoms with E-state index in [1.807, 2.05) is 26.0 Å². The number of nitrogens with two attached hydrogens (primary N) is 1. The first-order chi connectivity index (χ1) is 33.7. The number of nitro benzene ring substituents is 2. The number of nitrogens with zero attached hydrogens (tertiary/aromatic N) is 4. The second kappa shape index (κ2) is 22.9. The van der Waals surface area contributed by atoms with Gasteiger partial charge in [0.25, 0.3) is 11.4 Å². The van der Waals surface area contributed by atoms with E-state index in [0.29, 0.717) is 0 Å². The van der Waals surface area contributed by atoms with Crippen molar-refractivity contribution >= 4 is 128 Å². The van der Waals surface area contributed by atoms with Crippen molar-refractivity contribution < 1.29 is 35.6 Å². The number of hydrogen-bond acceptors (Lipinski definition) is 16. The fourth-order valence-electron chi connectivity index (χ4n) is 7.02. The Morgan fingerprint density at radius 3 is 1.42 bits per heavy atom. The zero-order chi connectivity index (χ0) is 53.0. The predicted octanol–water partition coefficient (Wildman–Crippen LogP) is 15.9. The number of fused-ring (bicyclic) bond motifs is 3. The molecule has 0 aliphatic rings. The van der Waals surface area contributed by atoms with Crippen molar-refractivity contribution in [3.05, 3.63) is 165 Å². The number of H-pyrrole nitrogens is 1. The maximum atomic E-state index is 12.2. The highest BCUT2D eigenvalue weighted by atomic mass is 32.2. The van der Waals surface area contributed by atoms with Crippen LogP contribution in [0, 0.1) is 86.5 Å². The Bertz CT molecular complexity index is 3630. The van der Waals surface area contributed by atoms with Crippen LogP contribution < -0.4 is 9.92 Å². The average Bonchev–Trinajstić information content (AvgIpc) is 3.99. The van der Waals surface area contributed by atoms with Gasteiger partial charge in [-0.25, -0.2) is 9.97 Å². The third-order valence-corrected chi connectivity index (χ3v) is 17.3. The maximum Gasteiger partial charge on any atom is 0.534 e. The van der Waals surface area contributed by atoms with Gasteiger partial charge in [-0.2, -0.15) is 21.6 Å². The summed E-state index contributed by atoms with van der Waals surface area (Å²) >= 11 is 13.3. The molecular weight excluding hydrogens is 1070 g/mol. The number of nitro groups is 2. The Balaban J connectivity index is 0.000000160. The molecular formula is C49H45F3N6O7S7. The zero-order valence-corrected chi connectivity index (χ0v) is 45.6. The third-order valence-electron chi connectivity index (χ3n) is 10.3. The lowest BCUT2D eigenvalue weighted by Crippen LogP contribution is -2.28. The molecule has 0 amide bonds. The number of aromatic nitrogens is 3. The molecule has 0 aliphatic carbocycles. The Labute approximate surface area is 438 Å². The van der Waals surface area contributed by atoms with Crippen LogP contribution in [0.3, 0.4) is 0 Å². The number of non-ortho nitro benzene ring substituents is 2. The number of nitrogens with one attached hydrogen (secondary N) is 1. The Morgan fingerprint density at radius 1 is 0.611 bits per heavy atom. The maximum absolute atomic E-state index is 12.2. The molecule has 0 aliphatic heterocycles. The summed E-state index contributed by atoms with van der Waals surface area (Å²) in [5.74, 6) is -0.567. The number of aryl methyl sites for hydroxylation is 9. The molecule has 376 valence electrons. The van der Waals surface area contributed by atoms with Crippen LogP contribution in [0.2, 0.25) is 0 Å². The van der Waals surface area contributed by atoms with Crippen LogP contribution in [0.4, 0.5) is 30.2 Å². The number of aromatic amines is 1. The molecule has 0 radical (unpaired) electrons. The monoisotopic (exact) mass is 1110 g/mol. The number of hydrogen-bond donors (Lipinski definition) is 2. The number of benzene rings is 6. The first-order valence-electron chi connectivity index (χ1n) is 21.3. The van der Waals surface area contributed by atoms with E-state index in [0.717, 1.165) is 67.7 Å². The fraction of sp³-hybridized carbons (Fsp3) is 0.204. The van der Waals surface area contributed by atoms with Crippen LogP contribution >= 0.6 is 69.8 Å². The van der Waals surface area contributed by atoms with E-state index in [-0.39, 0.29) is 27.4 Å². The van der Waals surface area contributed by atoms with Gasteiger partial charge in [0.1, 0.15) is 5.75 Å². The van der Waals surface area contributed by atoms with Gasteiger partial charge in [0, 0.05) is 39.7 Å². The number of nitrogen functional groups attached to an aromatic ring is 1. The van der Waals surface area contributed by atoms with Crippen molar-refractivity contribution in [3.8, 4) is 5.75 Å². The number of rotatable bonds is 8. The molecule has 13 nitrogen and oxygen atoms in total. The highest BCUT2D eigenvalue weighted by Crippen LogP contribution is 2.41. The second-order valence-electron chi connectivity index (χ2n) is 16.4. The van der Waals surface area contributed by atoms with E-state index < -0.39 is 26.3 Å². The fourth-order valence-corrected chi connectivity index (χ4v) is 12.9. The summed E-state index contributed by atoms with van der Waals surface area (Å²) < 4.78 is 68.8. The molecule has 3 N–H and O–H groups in total. The molecule has 9 aromatic rings. The van der Waals surface area contributed by atoms with Gasteiger partial charge >= 0.3 is 15.6 Å². The van der Waals surface area contributed by atoms with Gasteiger partial charge in [0.05, 0.1) is 40.5 Å². The van der Waals surface area contributed by atoms with Gasteiger partial charge in [-0.05, 0) is 173 Å². The quantitative estimate of drug-likeness (QED) is 0.0364. The first kappa shape index (κ1) is 55.4. The van der Waals surface area contributed by atoms with Crippen molar-refractivity contribution in [1.29, 1.82) is 0 Å². The first-order valence-corrected chi connectivity index (χ1v) is 27.2. The number of thiazole rings is 3. The predicted molar refractivity (Wildman–Crippen MR) is 290 cm³/mol. The summed E-state index contributed by atoms with van der Waals surface area (Å²) in [4.78, 5) is 35.2. The summed E-state index contributed by atoms with van der Waals surface area (Å²) in [6, 6.07) is 28.1. The minimum Gasteiger partial charge on any atom is -0.399 e. The lowest BCUT2D eigenvalue weighted by atomic mass is 10.1. The van der Waals surface area contributed by atoms with E-state index in [2.05, 4.69) is 103 Å². The van der Waals surface area contributed by atoms with Crippen LogP contribution in [0.15, 0.2) is 109 Å². The van der Waals surface area contributed by atoms with Gasteiger partial charge in [0.2, 0.25) is 0 Å². The average molecular weight is 1110 g/mol. The van der Waals surface area contributed by atoms with Crippen molar-refractivity contribution in [2.24, 2.45) is 0 Å². The lowest BCUT2D eigenvalue weighted by molar-refractivity contribution is -0.385. The molecule has 0 unspecified atom stereocenters. The molecule has 3 heterocycles. The smallest absolute Gasteiger partial charge is 0.399 e. The topological polar surface area (TPSA) is 197 Å². The summed E-state index contributed by atoms with van der Waals surface area (Å²) in [7, 11) is -5.80. The largest absolute Gasteiger partial charge is 0.534 e. The molecule has 23 heteroatoms. The summed E-state index contributed by atoms with van der Waals surface area (Å²) in [6.45, 7) is 16.7. The van der Waals surface area contributed by atoms with Crippen LogP contribution in [-0.2, 0) is 10.1 Å². The van der Waals surface area contributed by atoms with Crippen LogP contribution in [-0.4, -0.2) is 38.7 Å². The molecule has 0 bridgehead atoms. The molecule has 0 fully saturated rings. The van der Waals surface area contributed by atoms with Gasteiger partial charge < -0.3 is 14.9 Å². The van der Waals surface area contributed by atoms with Crippen LogP contribution in [0.25, 0.3) is 30.6 Å². The van der Waals surface area contributed by atoms with Crippen molar-refractivity contribution in [3.63, 3.8) is 0 Å². The third kappa shape index (κ3) is 14.0. The van der Waals surface area contributed by atoms with Crippen molar-refractivity contribution in [1.82, 2.24) is 15.0 Å². The van der Waals surface area contributed by atoms with E-state index in [9.17, 15) is 41.8 Å². The molecule has 0 saturated heterocycles. The van der Waals surface area contributed by atoms with Crippen LogP contribution in [0.5, 0.6) is 5.75 Å². The number of alkyl halides is 3. The lowest BCUT2D eigenvalue weighted by Gasteiger charge is -2.13. The van der Waals surface area contributed by atoms with Gasteiger partial charge in [-0.1, -0.05) is 41.7 Å². The van der Waals surface area contributed by atoms with Crippen molar-refractivity contribution in [2.75, 3.05) is 5.73 Å². The Morgan fingerprint density at radius 2 is 1.00 bits per heavy atom. The molecule has 6 aromatic carbocycles. The SMILES string of the molecule is Cc1cc([N+](=O)[O-])cc(C)c1OS(=O)(=O)C(F)(F)F.Cc1ccc2sc(=S)[nH]c2c1.Cc1ccc2sc(Sc3c(C)cc(N)cc3C)nc2c1.Cc1ccc2sc(Sc3c(C)cc([N+](=O)[O-])cc3C)nc2c1. The van der Waals surface area contributed by atoms with E-state index in [4.69, 9.17) is 22.9 Å². The summed E-state index contributed by atoms with van der Waals surface area (Å²) in [5.41, 5.74) is 11.9. The summed E-state index contributed by atoms with van der Waals surface area (Å²) in [5, 5.41) is 21.4. The van der Waals surface area contributed by atoms with E-state index in [1.54, 1.807) is 69.7 Å². The standard InChI is InChI=1S/C16H14N2O2S2.C16H16N2S2.C9H8F3NO5S.C8H7NS2/c1-9-4-5-14-13(6-9)17-16(21-14)22-15-10(2)7-12(18(19)20)8-11(15)3;1-9-4-5-14-13(6-9)18-16(19-14)20-15-10(2)7-12(17)8-11(15)3;1-5-3-7(13(14)15)4-6(2)8(5)18-19(16,17)9(10,11)12;1-5-2-3-7-6(4-5)9-8(10)11-7/h4-8H,1-3H3;4-8H,17H2,1-3H3;3-4H,1-2H3;2-4H,1H3,(H,9,10). The van der Waals surface area contributed by atoms with E-state index >= 15 is 0 Å². The van der Waals surface area contributed by atoms with Gasteiger partial charge in [0.15, 0.2) is 12.6 Å². The molecule has 9 rings (SSSR count). The molecule has 0 atom stereocenters. The normalized spacial score (nSPS) is 11.3. The molecule has 3 aromatic heterocycles. The minimum absolute atomic E-state index is 0.0838. The van der Waals surface area contributed by atoms with Gasteiger partial charge in [-0.15, -0.1) is 34.0 Å². The Kier molecular flexibility index (Phi) is 17.6. The van der Waals surface area contributed by atoms with Crippen molar-refractivity contribution in [2.45, 2.75) is 86.3 Å².